The summed E-state index contributed by atoms with van der Waals surface area (Å²) >= 11 is 1.99. The van der Waals surface area contributed by atoms with Gasteiger partial charge < -0.3 is 10.5 Å². The van der Waals surface area contributed by atoms with Gasteiger partial charge in [-0.05, 0) is 50.4 Å². The Balaban J connectivity index is 1.99. The number of thioether (sulfide) groups is 1. The molecule has 1 fully saturated rings. The summed E-state index contributed by atoms with van der Waals surface area (Å²) in [5.74, 6) is 0.941. The molecule has 0 unspecified atom stereocenters. The molecule has 0 saturated carbocycles. The van der Waals surface area contributed by atoms with E-state index in [1.54, 1.807) is 7.11 Å². The van der Waals surface area contributed by atoms with Crippen molar-refractivity contribution >= 4 is 17.4 Å². The molecule has 0 atom stereocenters. The van der Waals surface area contributed by atoms with Gasteiger partial charge >= 0.3 is 0 Å². The number of ether oxygens (including phenoxy) is 1. The molecule has 0 aliphatic carbocycles. The maximum Gasteiger partial charge on any atom is 0.123 e. The number of benzene rings is 1. The zero-order chi connectivity index (χ0) is 13.0. The van der Waals surface area contributed by atoms with Crippen LogP contribution in [0.25, 0.3) is 0 Å². The van der Waals surface area contributed by atoms with Gasteiger partial charge in [0.2, 0.25) is 0 Å². The standard InChI is InChI=1S/C14H22N2OS/c1-17-14-4-3-12(15)9-11(14)10-16-7-5-13(18-2)6-8-16/h3-4,9,13H,5-8,10,15H2,1-2H3. The van der Waals surface area contributed by atoms with Crippen molar-refractivity contribution in [2.75, 3.05) is 32.2 Å². The molecule has 2 rings (SSSR count). The third-order valence-corrected chi connectivity index (χ3v) is 4.70. The van der Waals surface area contributed by atoms with Crippen molar-refractivity contribution in [3.63, 3.8) is 0 Å². The maximum absolute atomic E-state index is 5.85. The molecule has 1 aromatic rings. The molecule has 1 aromatic carbocycles. The van der Waals surface area contributed by atoms with Gasteiger partial charge in [-0.2, -0.15) is 11.8 Å². The highest BCUT2D eigenvalue weighted by atomic mass is 32.2. The SMILES string of the molecule is COc1ccc(N)cc1CN1CCC(SC)CC1. The topological polar surface area (TPSA) is 38.5 Å². The molecule has 1 saturated heterocycles. The van der Waals surface area contributed by atoms with E-state index >= 15 is 0 Å². The number of nitrogens with zero attached hydrogens (tertiary/aromatic N) is 1. The van der Waals surface area contributed by atoms with Gasteiger partial charge in [0.15, 0.2) is 0 Å². The number of likely N-dealkylation sites (tertiary alicyclic amines) is 1. The molecule has 2 N–H and O–H groups in total. The van der Waals surface area contributed by atoms with Gasteiger partial charge in [-0.25, -0.2) is 0 Å². The molecule has 0 bridgehead atoms. The third kappa shape index (κ3) is 3.33. The lowest BCUT2D eigenvalue weighted by Gasteiger charge is -2.31. The van der Waals surface area contributed by atoms with E-state index in [0.717, 1.165) is 23.2 Å². The van der Waals surface area contributed by atoms with Gasteiger partial charge in [0.25, 0.3) is 0 Å². The lowest BCUT2D eigenvalue weighted by molar-refractivity contribution is 0.222. The number of hydrogen-bond donors (Lipinski definition) is 1. The van der Waals surface area contributed by atoms with E-state index in [2.05, 4.69) is 11.2 Å². The summed E-state index contributed by atoms with van der Waals surface area (Å²) in [7, 11) is 1.72. The number of nitrogen functional groups attached to an aromatic ring is 1. The summed E-state index contributed by atoms with van der Waals surface area (Å²) in [6.07, 6.45) is 4.78. The molecule has 0 amide bonds. The van der Waals surface area contributed by atoms with Gasteiger partial charge in [0, 0.05) is 23.0 Å². The minimum absolute atomic E-state index is 0.810. The van der Waals surface area contributed by atoms with Gasteiger partial charge in [-0.3, -0.25) is 4.90 Å². The summed E-state index contributed by atoms with van der Waals surface area (Å²) < 4.78 is 5.40. The molecule has 0 radical (unpaired) electrons. The third-order valence-electron chi connectivity index (χ3n) is 3.57. The van der Waals surface area contributed by atoms with E-state index in [1.807, 2.05) is 30.0 Å². The van der Waals surface area contributed by atoms with E-state index in [1.165, 1.54) is 31.5 Å². The number of rotatable bonds is 4. The van der Waals surface area contributed by atoms with E-state index in [9.17, 15) is 0 Å². The second-order valence-electron chi connectivity index (χ2n) is 4.78. The second-order valence-corrected chi connectivity index (χ2v) is 5.92. The normalized spacial score (nSPS) is 17.9. The van der Waals surface area contributed by atoms with E-state index in [-0.39, 0.29) is 0 Å². The molecule has 4 heteroatoms. The van der Waals surface area contributed by atoms with Crippen molar-refractivity contribution < 1.29 is 4.74 Å². The first kappa shape index (κ1) is 13.6. The molecule has 3 nitrogen and oxygen atoms in total. The number of piperidine rings is 1. The highest BCUT2D eigenvalue weighted by molar-refractivity contribution is 7.99. The van der Waals surface area contributed by atoms with Crippen LogP contribution in [-0.2, 0) is 6.54 Å². The Morgan fingerprint density at radius 3 is 2.72 bits per heavy atom. The van der Waals surface area contributed by atoms with Gasteiger partial charge in [-0.1, -0.05) is 0 Å². The Hall–Kier alpha value is -0.870. The van der Waals surface area contributed by atoms with Crippen LogP contribution < -0.4 is 10.5 Å². The summed E-state index contributed by atoms with van der Waals surface area (Å²) in [5, 5.41) is 0.837. The number of nitrogens with two attached hydrogens (primary N) is 1. The fraction of sp³-hybridized carbons (Fsp3) is 0.571. The van der Waals surface area contributed by atoms with Crippen molar-refractivity contribution in [3.05, 3.63) is 23.8 Å². The maximum atomic E-state index is 5.85. The van der Waals surface area contributed by atoms with Crippen molar-refractivity contribution in [3.8, 4) is 5.75 Å². The molecule has 18 heavy (non-hydrogen) atoms. The van der Waals surface area contributed by atoms with E-state index in [0.29, 0.717) is 0 Å². The summed E-state index contributed by atoms with van der Waals surface area (Å²) in [6.45, 7) is 3.28. The fourth-order valence-corrected chi connectivity index (χ4v) is 3.15. The van der Waals surface area contributed by atoms with Crippen molar-refractivity contribution in [1.29, 1.82) is 0 Å². The van der Waals surface area contributed by atoms with Crippen LogP contribution in [0.5, 0.6) is 5.75 Å². The zero-order valence-electron chi connectivity index (χ0n) is 11.2. The average Bonchev–Trinajstić information content (AvgIpc) is 2.40. The van der Waals surface area contributed by atoms with Crippen molar-refractivity contribution in [2.24, 2.45) is 0 Å². The highest BCUT2D eigenvalue weighted by Gasteiger charge is 2.19. The molecular weight excluding hydrogens is 244 g/mol. The minimum atomic E-state index is 0.810. The first-order valence-electron chi connectivity index (χ1n) is 6.40. The molecule has 1 heterocycles. The van der Waals surface area contributed by atoms with Gasteiger partial charge in [-0.15, -0.1) is 0 Å². The quantitative estimate of drug-likeness (QED) is 0.850. The van der Waals surface area contributed by atoms with E-state index < -0.39 is 0 Å². The number of hydrogen-bond acceptors (Lipinski definition) is 4. The Morgan fingerprint density at radius 1 is 1.39 bits per heavy atom. The first-order valence-corrected chi connectivity index (χ1v) is 7.69. The molecular formula is C14H22N2OS. The highest BCUT2D eigenvalue weighted by Crippen LogP contribution is 2.26. The Morgan fingerprint density at radius 2 is 2.11 bits per heavy atom. The number of methoxy groups -OCH3 is 1. The van der Waals surface area contributed by atoms with Crippen LogP contribution in [0.4, 0.5) is 5.69 Å². The Kier molecular flexibility index (Phi) is 4.78. The smallest absolute Gasteiger partial charge is 0.123 e. The monoisotopic (exact) mass is 266 g/mol. The molecule has 100 valence electrons. The van der Waals surface area contributed by atoms with Crippen LogP contribution in [0.15, 0.2) is 18.2 Å². The van der Waals surface area contributed by atoms with Crippen LogP contribution in [0, 0.1) is 0 Å². The van der Waals surface area contributed by atoms with Crippen molar-refractivity contribution in [2.45, 2.75) is 24.6 Å². The molecule has 1 aliphatic heterocycles. The first-order chi connectivity index (χ1) is 8.72. The largest absolute Gasteiger partial charge is 0.496 e. The summed E-state index contributed by atoms with van der Waals surface area (Å²) in [6, 6.07) is 5.88. The second kappa shape index (κ2) is 6.34. The lowest BCUT2D eigenvalue weighted by Crippen LogP contribution is -2.34. The van der Waals surface area contributed by atoms with Crippen LogP contribution in [-0.4, -0.2) is 36.6 Å². The van der Waals surface area contributed by atoms with Crippen LogP contribution >= 0.6 is 11.8 Å². The minimum Gasteiger partial charge on any atom is -0.496 e. The predicted octanol–water partition coefficient (Wildman–Crippen LogP) is 2.60. The Labute approximate surface area is 114 Å². The van der Waals surface area contributed by atoms with Crippen LogP contribution in [0.2, 0.25) is 0 Å². The molecule has 0 aromatic heterocycles. The Bertz CT molecular complexity index is 389. The summed E-state index contributed by atoms with van der Waals surface area (Å²) in [5.41, 5.74) is 7.86. The van der Waals surface area contributed by atoms with Gasteiger partial charge in [0.05, 0.1) is 7.11 Å². The molecule has 0 spiro atoms. The summed E-state index contributed by atoms with van der Waals surface area (Å²) in [4.78, 5) is 2.49. The average molecular weight is 266 g/mol. The van der Waals surface area contributed by atoms with Crippen LogP contribution in [0.3, 0.4) is 0 Å². The van der Waals surface area contributed by atoms with Crippen LogP contribution in [0.1, 0.15) is 18.4 Å². The van der Waals surface area contributed by atoms with E-state index in [4.69, 9.17) is 10.5 Å². The predicted molar refractivity (Wildman–Crippen MR) is 79.2 cm³/mol. The lowest BCUT2D eigenvalue weighted by atomic mass is 10.1. The zero-order valence-corrected chi connectivity index (χ0v) is 12.0. The van der Waals surface area contributed by atoms with Gasteiger partial charge in [0.1, 0.15) is 5.75 Å². The number of anilines is 1. The molecule has 1 aliphatic rings. The van der Waals surface area contributed by atoms with Crippen molar-refractivity contribution in [1.82, 2.24) is 4.90 Å². The fourth-order valence-electron chi connectivity index (χ4n) is 2.47.